The molecule has 3 aromatic rings. The topological polar surface area (TPSA) is 87.7 Å². The van der Waals surface area contributed by atoms with Crippen LogP contribution in [0.15, 0.2) is 107 Å². The van der Waals surface area contributed by atoms with Gasteiger partial charge in [-0.3, -0.25) is 10.1 Å². The van der Waals surface area contributed by atoms with Crippen molar-refractivity contribution >= 4 is 54.9 Å². The Kier molecular flexibility index (Phi) is 10.8. The molecule has 1 amide bonds. The number of nitrogens with zero attached hydrogens (tertiary/aromatic N) is 1. The minimum Gasteiger partial charge on any atom is -0.492 e. The number of carbonyl (C=O) groups excluding carboxylic acids is 1. The number of carbonyl (C=O) groups is 1. The predicted molar refractivity (Wildman–Crippen MR) is 159 cm³/mol. The Morgan fingerprint density at radius 2 is 1.66 bits per heavy atom. The number of thiocarbonyl (C=S) groups is 1. The summed E-state index contributed by atoms with van der Waals surface area (Å²) in [5.74, 6) is 0.232. The molecule has 0 saturated carbocycles. The first-order valence-corrected chi connectivity index (χ1v) is 14.3. The lowest BCUT2D eigenvalue weighted by molar-refractivity contribution is 0.0977. The molecule has 0 saturated heterocycles. The number of hydrogen-bond donors (Lipinski definition) is 2. The second-order valence-corrected chi connectivity index (χ2v) is 11.3. The maximum Gasteiger partial charge on any atom is 0.257 e. The van der Waals surface area contributed by atoms with E-state index in [4.69, 9.17) is 17.0 Å². The smallest absolute Gasteiger partial charge is 0.257 e. The lowest BCUT2D eigenvalue weighted by atomic mass is 10.2. The molecule has 0 heterocycles. The van der Waals surface area contributed by atoms with Crippen LogP contribution in [0, 0.1) is 0 Å². The molecular formula is C28H28BrN3O4S2. The van der Waals surface area contributed by atoms with Crippen molar-refractivity contribution in [3.63, 3.8) is 0 Å². The van der Waals surface area contributed by atoms with E-state index in [1.807, 2.05) is 30.3 Å². The maximum absolute atomic E-state index is 12.8. The van der Waals surface area contributed by atoms with Gasteiger partial charge in [-0.25, -0.2) is 8.42 Å². The van der Waals surface area contributed by atoms with Crippen LogP contribution in [0.4, 0.5) is 5.69 Å². The summed E-state index contributed by atoms with van der Waals surface area (Å²) in [4.78, 5) is 12.8. The number of halogens is 1. The van der Waals surface area contributed by atoms with Crippen molar-refractivity contribution in [2.75, 3.05) is 25.0 Å². The molecule has 0 spiro atoms. The van der Waals surface area contributed by atoms with Crippen molar-refractivity contribution in [1.82, 2.24) is 9.62 Å². The Balaban J connectivity index is 1.56. The number of benzene rings is 3. The van der Waals surface area contributed by atoms with Crippen LogP contribution >= 0.6 is 28.1 Å². The second kappa shape index (κ2) is 14.0. The Bertz CT molecular complexity index is 1390. The molecular weight excluding hydrogens is 586 g/mol. The van der Waals surface area contributed by atoms with Gasteiger partial charge >= 0.3 is 0 Å². The van der Waals surface area contributed by atoms with E-state index < -0.39 is 15.9 Å². The molecule has 0 radical (unpaired) electrons. The molecule has 7 nitrogen and oxygen atoms in total. The number of anilines is 1. The van der Waals surface area contributed by atoms with E-state index in [1.54, 1.807) is 30.3 Å². The molecule has 0 unspecified atom stereocenters. The fourth-order valence-electron chi connectivity index (χ4n) is 3.44. The van der Waals surface area contributed by atoms with E-state index in [9.17, 15) is 13.2 Å². The first-order chi connectivity index (χ1) is 18.2. The van der Waals surface area contributed by atoms with E-state index in [1.165, 1.54) is 34.2 Å². The first-order valence-electron chi connectivity index (χ1n) is 11.6. The summed E-state index contributed by atoms with van der Waals surface area (Å²) in [5, 5.41) is 5.59. The van der Waals surface area contributed by atoms with Gasteiger partial charge in [0.1, 0.15) is 5.75 Å². The van der Waals surface area contributed by atoms with Gasteiger partial charge in [0.15, 0.2) is 5.11 Å². The number of hydrogen-bond acceptors (Lipinski definition) is 5. The third kappa shape index (κ3) is 8.09. The van der Waals surface area contributed by atoms with Crippen molar-refractivity contribution in [2.45, 2.75) is 11.3 Å². The highest BCUT2D eigenvalue weighted by Gasteiger charge is 2.22. The summed E-state index contributed by atoms with van der Waals surface area (Å²) in [7, 11) is -3.71. The molecule has 0 aromatic heterocycles. The monoisotopic (exact) mass is 613 g/mol. The third-order valence-corrected chi connectivity index (χ3v) is 8.00. The molecule has 198 valence electrons. The quantitative estimate of drug-likeness (QED) is 0.205. The Labute approximate surface area is 237 Å². The van der Waals surface area contributed by atoms with Crippen molar-refractivity contribution in [1.29, 1.82) is 0 Å². The zero-order chi connectivity index (χ0) is 27.5. The molecule has 0 bridgehead atoms. The zero-order valence-corrected chi connectivity index (χ0v) is 23.8. The number of amides is 1. The third-order valence-electron chi connectivity index (χ3n) is 5.33. The summed E-state index contributed by atoms with van der Waals surface area (Å²) >= 11 is 8.72. The lowest BCUT2D eigenvalue weighted by Crippen LogP contribution is -2.34. The molecule has 2 N–H and O–H groups in total. The molecule has 0 aliphatic heterocycles. The molecule has 3 aromatic carbocycles. The number of ether oxygens (including phenoxy) is 1. The van der Waals surface area contributed by atoms with E-state index in [0.29, 0.717) is 28.1 Å². The highest BCUT2D eigenvalue weighted by molar-refractivity contribution is 9.10. The fourth-order valence-corrected chi connectivity index (χ4v) is 5.52. The summed E-state index contributed by atoms with van der Waals surface area (Å²) in [6.07, 6.45) is 3.80. The molecule has 0 fully saturated rings. The van der Waals surface area contributed by atoms with Crippen molar-refractivity contribution in [2.24, 2.45) is 0 Å². The molecule has 10 heteroatoms. The summed E-state index contributed by atoms with van der Waals surface area (Å²) < 4.78 is 33.4. The molecule has 0 atom stereocenters. The van der Waals surface area contributed by atoms with Crippen LogP contribution in [-0.4, -0.2) is 43.4 Å². The molecule has 38 heavy (non-hydrogen) atoms. The van der Waals surface area contributed by atoms with Gasteiger partial charge in [0.05, 0.1) is 16.0 Å². The maximum atomic E-state index is 12.8. The van der Waals surface area contributed by atoms with Crippen molar-refractivity contribution < 1.29 is 17.9 Å². The number of sulfonamides is 1. The Morgan fingerprint density at radius 1 is 1.00 bits per heavy atom. The van der Waals surface area contributed by atoms with Gasteiger partial charge in [0, 0.05) is 30.8 Å². The van der Waals surface area contributed by atoms with Gasteiger partial charge in [-0.1, -0.05) is 42.5 Å². The lowest BCUT2D eigenvalue weighted by Gasteiger charge is -2.19. The average Bonchev–Trinajstić information content (AvgIpc) is 2.90. The summed E-state index contributed by atoms with van der Waals surface area (Å²) in [5.41, 5.74) is 2.10. The van der Waals surface area contributed by atoms with Crippen LogP contribution in [0.25, 0.3) is 0 Å². The average molecular weight is 615 g/mol. The first kappa shape index (κ1) is 29.2. The van der Waals surface area contributed by atoms with Gasteiger partial charge in [0.2, 0.25) is 10.0 Å². The SMILES string of the molecule is C=CCN(CC=C)S(=O)(=O)c1ccc(NC(=S)NC(=O)c2ccc(OCCc3ccccc3)c(Br)c2)cc1. The van der Waals surface area contributed by atoms with Crippen LogP contribution in [0.5, 0.6) is 5.75 Å². The number of rotatable bonds is 12. The van der Waals surface area contributed by atoms with Crippen LogP contribution in [0.2, 0.25) is 0 Å². The minimum atomic E-state index is -3.71. The predicted octanol–water partition coefficient (Wildman–Crippen LogP) is 5.56. The van der Waals surface area contributed by atoms with Crippen LogP contribution in [-0.2, 0) is 16.4 Å². The highest BCUT2D eigenvalue weighted by atomic mass is 79.9. The van der Waals surface area contributed by atoms with Gasteiger partial charge in [-0.05, 0) is 76.2 Å². The normalized spacial score (nSPS) is 11.0. The Morgan fingerprint density at radius 3 is 2.26 bits per heavy atom. The van der Waals surface area contributed by atoms with Gasteiger partial charge in [-0.2, -0.15) is 4.31 Å². The highest BCUT2D eigenvalue weighted by Crippen LogP contribution is 2.26. The molecule has 0 aliphatic rings. The molecule has 0 aliphatic carbocycles. The van der Waals surface area contributed by atoms with Crippen LogP contribution < -0.4 is 15.4 Å². The van der Waals surface area contributed by atoms with E-state index in [-0.39, 0.29) is 23.1 Å². The summed E-state index contributed by atoms with van der Waals surface area (Å²) in [6.45, 7) is 8.05. The fraction of sp³-hybridized carbons (Fsp3) is 0.143. The van der Waals surface area contributed by atoms with Crippen molar-refractivity contribution in [3.8, 4) is 5.75 Å². The minimum absolute atomic E-state index is 0.0739. The van der Waals surface area contributed by atoms with Crippen LogP contribution in [0.3, 0.4) is 0 Å². The van der Waals surface area contributed by atoms with E-state index >= 15 is 0 Å². The summed E-state index contributed by atoms with van der Waals surface area (Å²) in [6, 6.07) is 21.1. The number of nitrogens with one attached hydrogen (secondary N) is 2. The second-order valence-electron chi connectivity index (χ2n) is 8.06. The van der Waals surface area contributed by atoms with Crippen molar-refractivity contribution in [3.05, 3.63) is 114 Å². The van der Waals surface area contributed by atoms with Crippen LogP contribution in [0.1, 0.15) is 15.9 Å². The Hall–Kier alpha value is -3.31. The largest absolute Gasteiger partial charge is 0.492 e. The van der Waals surface area contributed by atoms with E-state index in [2.05, 4.69) is 39.7 Å². The zero-order valence-electron chi connectivity index (χ0n) is 20.6. The van der Waals surface area contributed by atoms with Gasteiger partial charge in [-0.15, -0.1) is 13.2 Å². The van der Waals surface area contributed by atoms with E-state index in [0.717, 1.165) is 6.42 Å². The standard InChI is InChI=1S/C28H28BrN3O4S2/c1-3-17-32(18-4-2)38(34,35)24-13-11-23(12-14-24)30-28(37)31-27(33)22-10-15-26(25(29)20-22)36-19-16-21-8-6-5-7-9-21/h3-15,20H,1-2,16-19H2,(H2,30,31,33,37). The molecule has 3 rings (SSSR count). The van der Waals surface area contributed by atoms with Gasteiger partial charge in [0.25, 0.3) is 5.91 Å². The van der Waals surface area contributed by atoms with Gasteiger partial charge < -0.3 is 10.1 Å².